The van der Waals surface area contributed by atoms with E-state index in [1.54, 1.807) is 0 Å². The van der Waals surface area contributed by atoms with Crippen molar-refractivity contribution in [1.82, 2.24) is 0 Å². The van der Waals surface area contributed by atoms with E-state index in [1.165, 1.54) is 13.3 Å². The molecule has 1 heterocycles. The van der Waals surface area contributed by atoms with Crippen LogP contribution < -0.4 is 0 Å². The van der Waals surface area contributed by atoms with Gasteiger partial charge in [0.25, 0.3) is 0 Å². The van der Waals surface area contributed by atoms with Crippen LogP contribution in [0.2, 0.25) is 0 Å². The average Bonchev–Trinajstić information content (AvgIpc) is 2.70. The standard InChI is InChI=1S/C4H6O2.C4H8O/c1-3(2)4(5)6;1-2-4-3-5-4/h1H2,2H3,(H,5,6);4H,2-3H2,1H3. The molecule has 0 aliphatic carbocycles. The lowest BCUT2D eigenvalue weighted by molar-refractivity contribution is -0.132. The minimum absolute atomic E-state index is 0.176. The first-order chi connectivity index (χ1) is 5.07. The van der Waals surface area contributed by atoms with Crippen molar-refractivity contribution >= 4 is 5.97 Å². The van der Waals surface area contributed by atoms with E-state index in [2.05, 4.69) is 13.5 Å². The number of carboxylic acids is 1. The van der Waals surface area contributed by atoms with Crippen LogP contribution in [0.3, 0.4) is 0 Å². The van der Waals surface area contributed by atoms with Crippen LogP contribution in [0.25, 0.3) is 0 Å². The van der Waals surface area contributed by atoms with Gasteiger partial charge in [0.2, 0.25) is 0 Å². The molecule has 0 amide bonds. The summed E-state index contributed by atoms with van der Waals surface area (Å²) in [6, 6.07) is 0. The van der Waals surface area contributed by atoms with Crippen LogP contribution >= 0.6 is 0 Å². The van der Waals surface area contributed by atoms with E-state index >= 15 is 0 Å². The van der Waals surface area contributed by atoms with E-state index in [0.29, 0.717) is 6.10 Å². The van der Waals surface area contributed by atoms with E-state index in [-0.39, 0.29) is 5.57 Å². The van der Waals surface area contributed by atoms with Gasteiger partial charge >= 0.3 is 5.97 Å². The van der Waals surface area contributed by atoms with Gasteiger partial charge in [-0.05, 0) is 13.3 Å². The van der Waals surface area contributed by atoms with Gasteiger partial charge in [-0.15, -0.1) is 0 Å². The summed E-state index contributed by atoms with van der Waals surface area (Å²) in [7, 11) is 0. The van der Waals surface area contributed by atoms with Crippen molar-refractivity contribution < 1.29 is 14.6 Å². The quantitative estimate of drug-likeness (QED) is 0.488. The Morgan fingerprint density at radius 3 is 2.18 bits per heavy atom. The zero-order chi connectivity index (χ0) is 8.85. The molecule has 0 aromatic rings. The van der Waals surface area contributed by atoms with Gasteiger partial charge in [0.15, 0.2) is 0 Å². The molecule has 0 aromatic heterocycles. The van der Waals surface area contributed by atoms with Crippen molar-refractivity contribution in [2.24, 2.45) is 0 Å². The molecule has 1 aliphatic heterocycles. The lowest BCUT2D eigenvalue weighted by Gasteiger charge is -1.79. The highest BCUT2D eigenvalue weighted by Crippen LogP contribution is 2.10. The summed E-state index contributed by atoms with van der Waals surface area (Å²) in [4.78, 5) is 9.60. The number of hydrogen-bond donors (Lipinski definition) is 1. The number of epoxide rings is 1. The van der Waals surface area contributed by atoms with Crippen molar-refractivity contribution in [3.05, 3.63) is 12.2 Å². The Morgan fingerprint density at radius 2 is 2.18 bits per heavy atom. The minimum atomic E-state index is -0.935. The number of hydrogen-bond acceptors (Lipinski definition) is 2. The molecular formula is C8H14O3. The maximum Gasteiger partial charge on any atom is 0.330 e. The molecule has 1 N–H and O–H groups in total. The lowest BCUT2D eigenvalue weighted by atomic mass is 10.4. The van der Waals surface area contributed by atoms with Gasteiger partial charge in [0, 0.05) is 5.57 Å². The van der Waals surface area contributed by atoms with Gasteiger partial charge in [0.05, 0.1) is 12.7 Å². The molecular weight excluding hydrogens is 144 g/mol. The fourth-order valence-electron chi connectivity index (χ4n) is 0.304. The Balaban J connectivity index is 0.000000183. The van der Waals surface area contributed by atoms with E-state index < -0.39 is 5.97 Å². The molecule has 3 nitrogen and oxygen atoms in total. The zero-order valence-electron chi connectivity index (χ0n) is 6.96. The summed E-state index contributed by atoms with van der Waals surface area (Å²) in [6.45, 7) is 7.75. The maximum absolute atomic E-state index is 9.60. The molecule has 1 atom stereocenters. The predicted molar refractivity (Wildman–Crippen MR) is 42.5 cm³/mol. The smallest absolute Gasteiger partial charge is 0.330 e. The highest BCUT2D eigenvalue weighted by molar-refractivity contribution is 5.84. The molecule has 0 saturated carbocycles. The third-order valence-electron chi connectivity index (χ3n) is 1.22. The van der Waals surface area contributed by atoms with Crippen LogP contribution in [0, 0.1) is 0 Å². The van der Waals surface area contributed by atoms with Crippen molar-refractivity contribution in [1.29, 1.82) is 0 Å². The van der Waals surface area contributed by atoms with Crippen LogP contribution in [0.15, 0.2) is 12.2 Å². The van der Waals surface area contributed by atoms with Gasteiger partial charge < -0.3 is 9.84 Å². The topological polar surface area (TPSA) is 49.8 Å². The first kappa shape index (κ1) is 10.2. The highest BCUT2D eigenvalue weighted by atomic mass is 16.6. The van der Waals surface area contributed by atoms with Crippen LogP contribution in [0.5, 0.6) is 0 Å². The highest BCUT2D eigenvalue weighted by Gasteiger charge is 2.18. The first-order valence-electron chi connectivity index (χ1n) is 3.58. The molecule has 0 spiro atoms. The molecule has 1 aliphatic rings. The largest absolute Gasteiger partial charge is 0.478 e. The number of ether oxygens (including phenoxy) is 1. The molecule has 3 heteroatoms. The SMILES string of the molecule is C=C(C)C(=O)O.CCC1CO1. The van der Waals surface area contributed by atoms with Crippen LogP contribution in [0.1, 0.15) is 20.3 Å². The van der Waals surface area contributed by atoms with Gasteiger partial charge in [-0.25, -0.2) is 4.79 Å². The summed E-state index contributed by atoms with van der Waals surface area (Å²) >= 11 is 0. The second kappa shape index (κ2) is 4.91. The summed E-state index contributed by atoms with van der Waals surface area (Å²) in [6.07, 6.45) is 1.83. The van der Waals surface area contributed by atoms with E-state index in [0.717, 1.165) is 6.61 Å². The molecule has 1 fully saturated rings. The summed E-state index contributed by atoms with van der Waals surface area (Å²) in [5.41, 5.74) is 0.176. The van der Waals surface area contributed by atoms with Gasteiger partial charge in [-0.3, -0.25) is 0 Å². The second-order valence-electron chi connectivity index (χ2n) is 2.45. The van der Waals surface area contributed by atoms with Crippen LogP contribution in [-0.2, 0) is 9.53 Å². The molecule has 1 rings (SSSR count). The molecule has 1 saturated heterocycles. The molecule has 1 unspecified atom stereocenters. The zero-order valence-corrected chi connectivity index (χ0v) is 6.96. The Labute approximate surface area is 66.7 Å². The Hall–Kier alpha value is -0.830. The van der Waals surface area contributed by atoms with Crippen molar-refractivity contribution in [2.75, 3.05) is 6.61 Å². The van der Waals surface area contributed by atoms with Gasteiger partial charge in [-0.1, -0.05) is 13.5 Å². The minimum Gasteiger partial charge on any atom is -0.478 e. The van der Waals surface area contributed by atoms with Crippen LogP contribution in [0.4, 0.5) is 0 Å². The predicted octanol–water partition coefficient (Wildman–Crippen LogP) is 1.44. The molecule has 0 bridgehead atoms. The van der Waals surface area contributed by atoms with Crippen molar-refractivity contribution in [2.45, 2.75) is 26.4 Å². The van der Waals surface area contributed by atoms with Crippen molar-refractivity contribution in [3.63, 3.8) is 0 Å². The second-order valence-corrected chi connectivity index (χ2v) is 2.45. The summed E-state index contributed by atoms with van der Waals surface area (Å²) in [5, 5.41) is 7.89. The van der Waals surface area contributed by atoms with Crippen LogP contribution in [-0.4, -0.2) is 23.8 Å². The van der Waals surface area contributed by atoms with Gasteiger partial charge in [-0.2, -0.15) is 0 Å². The molecule has 11 heavy (non-hydrogen) atoms. The Kier molecular flexibility index (Phi) is 4.54. The molecule has 0 aromatic carbocycles. The lowest BCUT2D eigenvalue weighted by Crippen LogP contribution is -1.92. The Morgan fingerprint density at radius 1 is 1.82 bits per heavy atom. The van der Waals surface area contributed by atoms with E-state index in [4.69, 9.17) is 9.84 Å². The van der Waals surface area contributed by atoms with Crippen molar-refractivity contribution in [3.8, 4) is 0 Å². The normalized spacial score (nSPS) is 19.6. The number of carbonyl (C=O) groups is 1. The Bertz CT molecular complexity index is 135. The third-order valence-corrected chi connectivity index (χ3v) is 1.22. The fraction of sp³-hybridized carbons (Fsp3) is 0.625. The third kappa shape index (κ3) is 7.06. The fourth-order valence-corrected chi connectivity index (χ4v) is 0.304. The summed E-state index contributed by atoms with van der Waals surface area (Å²) in [5.74, 6) is -0.935. The number of aliphatic carboxylic acids is 1. The monoisotopic (exact) mass is 158 g/mol. The summed E-state index contributed by atoms with van der Waals surface area (Å²) < 4.78 is 4.86. The van der Waals surface area contributed by atoms with Gasteiger partial charge in [0.1, 0.15) is 0 Å². The van der Waals surface area contributed by atoms with E-state index in [1.807, 2.05) is 0 Å². The van der Waals surface area contributed by atoms with E-state index in [9.17, 15) is 4.79 Å². The maximum atomic E-state index is 9.60. The number of carboxylic acid groups (broad SMARTS) is 1. The molecule has 64 valence electrons. The molecule has 0 radical (unpaired) electrons. The number of rotatable bonds is 2. The first-order valence-corrected chi connectivity index (χ1v) is 3.58. The average molecular weight is 158 g/mol.